The molecule has 0 bridgehead atoms. The predicted octanol–water partition coefficient (Wildman–Crippen LogP) is 0.992. The maximum atomic E-state index is 13.9. The first-order valence-corrected chi connectivity index (χ1v) is 8.45. The monoisotopic (exact) mass is 401 g/mol. The lowest BCUT2D eigenvalue weighted by Crippen LogP contribution is -2.47. The second-order valence-corrected chi connectivity index (χ2v) is 6.18. The van der Waals surface area contributed by atoms with Crippen LogP contribution in [0, 0.1) is 5.82 Å². The van der Waals surface area contributed by atoms with E-state index in [9.17, 15) is 27.9 Å². The molecule has 28 heavy (non-hydrogen) atoms. The number of carbonyl (C=O) groups is 2. The van der Waals surface area contributed by atoms with Crippen LogP contribution in [0.4, 0.5) is 18.9 Å². The minimum absolute atomic E-state index is 0.0237. The van der Waals surface area contributed by atoms with Crippen molar-refractivity contribution in [3.05, 3.63) is 23.5 Å². The zero-order chi connectivity index (χ0) is 20.3. The highest BCUT2D eigenvalue weighted by Gasteiger charge is 2.27. The minimum Gasteiger partial charge on any atom is -0.478 e. The number of rotatable bonds is 6. The molecule has 0 radical (unpaired) electrons. The number of amides is 1. The molecule has 152 valence electrons. The Balaban J connectivity index is 1.72. The molecule has 1 saturated heterocycles. The van der Waals surface area contributed by atoms with Gasteiger partial charge in [0.1, 0.15) is 5.71 Å². The fourth-order valence-electron chi connectivity index (χ4n) is 2.98. The van der Waals surface area contributed by atoms with Gasteiger partial charge in [-0.2, -0.15) is 13.9 Å². The molecule has 1 aromatic carbocycles. The molecule has 3 rings (SSSR count). The van der Waals surface area contributed by atoms with Gasteiger partial charge in [-0.3, -0.25) is 15.1 Å². The van der Waals surface area contributed by atoms with Crippen molar-refractivity contribution in [2.45, 2.75) is 25.6 Å². The third-order valence-electron chi connectivity index (χ3n) is 4.36. The molecule has 1 unspecified atom stereocenters. The van der Waals surface area contributed by atoms with Crippen molar-refractivity contribution in [1.29, 1.82) is 0 Å². The second-order valence-electron chi connectivity index (χ2n) is 6.18. The molecule has 12 heteroatoms. The Hall–Kier alpha value is -2.86. The van der Waals surface area contributed by atoms with Crippen molar-refractivity contribution in [3.8, 4) is 5.75 Å². The van der Waals surface area contributed by atoms with Gasteiger partial charge in [-0.05, 0) is 6.42 Å². The number of carbonyl (C=O) groups excluding carboxylic acids is 1. The number of hydrazone groups is 1. The Labute approximate surface area is 157 Å². The molecule has 1 atom stereocenters. The van der Waals surface area contributed by atoms with E-state index in [4.69, 9.17) is 0 Å². The van der Waals surface area contributed by atoms with Gasteiger partial charge in [0, 0.05) is 31.6 Å². The summed E-state index contributed by atoms with van der Waals surface area (Å²) >= 11 is 0. The molecule has 1 amide bonds. The summed E-state index contributed by atoms with van der Waals surface area (Å²) < 4.78 is 42.4. The summed E-state index contributed by atoms with van der Waals surface area (Å²) in [7, 11) is 0. The number of carboxylic acid groups (broad SMARTS) is 1. The van der Waals surface area contributed by atoms with Crippen molar-refractivity contribution < 1.29 is 32.6 Å². The fraction of sp³-hybridized carbons (Fsp3) is 0.438. The summed E-state index contributed by atoms with van der Waals surface area (Å²) in [6.07, 6.45) is 0.913. The van der Waals surface area contributed by atoms with E-state index >= 15 is 0 Å². The maximum Gasteiger partial charge on any atom is 0.387 e. The van der Waals surface area contributed by atoms with Gasteiger partial charge in [-0.25, -0.2) is 9.18 Å². The summed E-state index contributed by atoms with van der Waals surface area (Å²) in [5.74, 6) is -4.41. The third kappa shape index (κ3) is 4.51. The van der Waals surface area contributed by atoms with Crippen LogP contribution in [-0.2, 0) is 4.79 Å². The molecule has 9 nitrogen and oxygen atoms in total. The Morgan fingerprint density at radius 1 is 1.39 bits per heavy atom. The number of nitrogens with zero attached hydrogens (tertiary/aromatic N) is 2. The van der Waals surface area contributed by atoms with Crippen LogP contribution in [0.3, 0.4) is 0 Å². The zero-order valence-electron chi connectivity index (χ0n) is 14.5. The molecular formula is C16H18F3N5O4. The zero-order valence-corrected chi connectivity index (χ0v) is 14.5. The van der Waals surface area contributed by atoms with Crippen LogP contribution in [0.2, 0.25) is 0 Å². The number of hydrogen-bond donors (Lipinski definition) is 4. The molecule has 0 aromatic heterocycles. The Morgan fingerprint density at radius 2 is 2.18 bits per heavy atom. The lowest BCUT2D eigenvalue weighted by atomic mass is 10.1. The van der Waals surface area contributed by atoms with Crippen LogP contribution in [0.5, 0.6) is 5.75 Å². The standard InChI is InChI=1S/C16H18F3N5O4/c17-9-6-11(8(15(26)27)5-12(9)28-16(18)19)21-14(25)10-1-2-13(23-22-10)24-4-3-20-7-24/h5-6,13,16,20,23H,1-4,7H2,(H,21,25)(H,26,27). The van der Waals surface area contributed by atoms with Gasteiger partial charge in [0.15, 0.2) is 11.6 Å². The van der Waals surface area contributed by atoms with E-state index in [1.165, 1.54) is 0 Å². The number of benzene rings is 1. The largest absolute Gasteiger partial charge is 0.478 e. The van der Waals surface area contributed by atoms with Gasteiger partial charge in [0.25, 0.3) is 5.91 Å². The number of halogens is 3. The average Bonchev–Trinajstić information content (AvgIpc) is 3.18. The van der Waals surface area contributed by atoms with Gasteiger partial charge < -0.3 is 20.5 Å². The number of hydrogen-bond acceptors (Lipinski definition) is 7. The Morgan fingerprint density at radius 3 is 2.75 bits per heavy atom. The van der Waals surface area contributed by atoms with Crippen molar-refractivity contribution in [1.82, 2.24) is 15.6 Å². The van der Waals surface area contributed by atoms with Crippen molar-refractivity contribution >= 4 is 23.3 Å². The molecule has 2 aliphatic rings. The highest BCUT2D eigenvalue weighted by atomic mass is 19.3. The molecule has 2 heterocycles. The molecule has 0 aliphatic carbocycles. The van der Waals surface area contributed by atoms with Gasteiger partial charge in [0.05, 0.1) is 24.1 Å². The second kappa shape index (κ2) is 8.44. The van der Waals surface area contributed by atoms with Gasteiger partial charge in [-0.15, -0.1) is 0 Å². The van der Waals surface area contributed by atoms with E-state index in [1.54, 1.807) is 0 Å². The first-order chi connectivity index (χ1) is 13.3. The van der Waals surface area contributed by atoms with Gasteiger partial charge in [0.2, 0.25) is 0 Å². The summed E-state index contributed by atoms with van der Waals surface area (Å²) in [6.45, 7) is -0.895. The Kier molecular flexibility index (Phi) is 5.99. The van der Waals surface area contributed by atoms with Gasteiger partial charge in [-0.1, -0.05) is 0 Å². The highest BCUT2D eigenvalue weighted by molar-refractivity contribution is 6.43. The SMILES string of the molecule is O=C(Nc1cc(F)c(OC(F)F)cc1C(=O)O)C1=NNC(N2CCNC2)CC1. The van der Waals surface area contributed by atoms with Crippen molar-refractivity contribution in [3.63, 3.8) is 0 Å². The maximum absolute atomic E-state index is 13.9. The predicted molar refractivity (Wildman–Crippen MR) is 91.8 cm³/mol. The molecule has 0 saturated carbocycles. The summed E-state index contributed by atoms with van der Waals surface area (Å²) in [4.78, 5) is 25.8. The minimum atomic E-state index is -3.32. The van der Waals surface area contributed by atoms with E-state index in [1.807, 2.05) is 0 Å². The fourth-order valence-corrected chi connectivity index (χ4v) is 2.98. The number of anilines is 1. The molecule has 2 aliphatic heterocycles. The lowest BCUT2D eigenvalue weighted by molar-refractivity contribution is -0.110. The number of alkyl halides is 2. The molecular weight excluding hydrogens is 383 g/mol. The summed E-state index contributed by atoms with van der Waals surface area (Å²) in [5, 5.41) is 18.7. The Bertz CT molecular complexity index is 799. The molecule has 0 spiro atoms. The average molecular weight is 401 g/mol. The van der Waals surface area contributed by atoms with E-state index < -0.39 is 35.6 Å². The topological polar surface area (TPSA) is 115 Å². The van der Waals surface area contributed by atoms with Crippen molar-refractivity contribution in [2.24, 2.45) is 5.10 Å². The molecule has 1 fully saturated rings. The highest BCUT2D eigenvalue weighted by Crippen LogP contribution is 2.28. The number of carboxylic acids is 1. The normalized spacial score (nSPS) is 19.9. The lowest BCUT2D eigenvalue weighted by Gasteiger charge is -2.29. The van der Waals surface area contributed by atoms with E-state index in [0.717, 1.165) is 13.1 Å². The number of nitrogens with one attached hydrogen (secondary N) is 3. The van der Waals surface area contributed by atoms with Crippen LogP contribution in [-0.4, -0.2) is 60.1 Å². The number of ether oxygens (including phenoxy) is 1. The third-order valence-corrected chi connectivity index (χ3v) is 4.36. The van der Waals surface area contributed by atoms with Crippen LogP contribution < -0.4 is 20.8 Å². The van der Waals surface area contributed by atoms with Crippen LogP contribution in [0.1, 0.15) is 23.2 Å². The first kappa shape index (κ1) is 19.9. The quantitative estimate of drug-likeness (QED) is 0.562. The molecule has 1 aromatic rings. The summed E-state index contributed by atoms with van der Waals surface area (Å²) in [5.41, 5.74) is 2.02. The van der Waals surface area contributed by atoms with Gasteiger partial charge >= 0.3 is 12.6 Å². The van der Waals surface area contributed by atoms with E-state index in [-0.39, 0.29) is 17.6 Å². The number of aromatic carboxylic acids is 1. The van der Waals surface area contributed by atoms with Crippen LogP contribution >= 0.6 is 0 Å². The van der Waals surface area contributed by atoms with E-state index in [2.05, 4.69) is 30.8 Å². The van der Waals surface area contributed by atoms with Crippen LogP contribution in [0.15, 0.2) is 17.2 Å². The van der Waals surface area contributed by atoms with Crippen molar-refractivity contribution in [2.75, 3.05) is 25.1 Å². The summed E-state index contributed by atoms with van der Waals surface area (Å²) in [6, 6.07) is 1.21. The first-order valence-electron chi connectivity index (χ1n) is 8.45. The molecule has 4 N–H and O–H groups in total. The van der Waals surface area contributed by atoms with Crippen LogP contribution in [0.25, 0.3) is 0 Å². The van der Waals surface area contributed by atoms with E-state index in [0.29, 0.717) is 31.6 Å². The smallest absolute Gasteiger partial charge is 0.387 e.